The Labute approximate surface area is 79.5 Å². The number of rotatable bonds is 5. The summed E-state index contributed by atoms with van der Waals surface area (Å²) in [6.45, 7) is 7.14. The van der Waals surface area contributed by atoms with Crippen molar-refractivity contribution in [2.45, 2.75) is 51.7 Å². The molecule has 5 nitrogen and oxygen atoms in total. The molecule has 6 N–H and O–H groups in total. The van der Waals surface area contributed by atoms with Gasteiger partial charge in [0.2, 0.25) is 0 Å². The minimum absolute atomic E-state index is 0.474. The molecule has 13 heavy (non-hydrogen) atoms. The summed E-state index contributed by atoms with van der Waals surface area (Å²) in [5.41, 5.74) is 10.1. The summed E-state index contributed by atoms with van der Waals surface area (Å²) in [5.74, 6) is 5.08. The van der Waals surface area contributed by atoms with Gasteiger partial charge in [0.1, 0.15) is 12.0 Å². The van der Waals surface area contributed by atoms with Gasteiger partial charge in [-0.05, 0) is 27.7 Å². The van der Waals surface area contributed by atoms with Crippen LogP contribution in [0.5, 0.6) is 0 Å². The van der Waals surface area contributed by atoms with Gasteiger partial charge in [0.05, 0.1) is 5.60 Å². The predicted molar refractivity (Wildman–Crippen MR) is 51.3 cm³/mol. The molecule has 0 amide bonds. The molecular formula is C8H21N3O2. The van der Waals surface area contributed by atoms with Crippen LogP contribution in [-0.4, -0.2) is 17.6 Å². The van der Waals surface area contributed by atoms with E-state index in [0.29, 0.717) is 6.42 Å². The molecule has 0 bridgehead atoms. The lowest BCUT2D eigenvalue weighted by molar-refractivity contribution is -0.111. The Morgan fingerprint density at radius 3 is 2.00 bits per heavy atom. The lowest BCUT2D eigenvalue weighted by atomic mass is 10.0. The lowest BCUT2D eigenvalue weighted by Gasteiger charge is -2.30. The minimum Gasteiger partial charge on any atom is -0.344 e. The van der Waals surface area contributed by atoms with Crippen molar-refractivity contribution in [2.24, 2.45) is 17.4 Å². The first-order valence-corrected chi connectivity index (χ1v) is 4.26. The molecule has 0 aliphatic carbocycles. The first kappa shape index (κ1) is 12.8. The van der Waals surface area contributed by atoms with E-state index in [0.717, 1.165) is 0 Å². The van der Waals surface area contributed by atoms with Gasteiger partial charge in [0.25, 0.3) is 0 Å². The molecule has 1 atom stereocenters. The van der Waals surface area contributed by atoms with Gasteiger partial charge < -0.3 is 16.2 Å². The highest BCUT2D eigenvalue weighted by Crippen LogP contribution is 2.16. The van der Waals surface area contributed by atoms with Crippen molar-refractivity contribution in [3.63, 3.8) is 0 Å². The third kappa shape index (κ3) is 6.92. The molecule has 0 saturated carbocycles. The van der Waals surface area contributed by atoms with Crippen LogP contribution >= 0.6 is 0 Å². The van der Waals surface area contributed by atoms with Crippen LogP contribution in [0.3, 0.4) is 0 Å². The summed E-state index contributed by atoms with van der Waals surface area (Å²) in [6, 6.07) is 0. The second-order valence-corrected chi connectivity index (χ2v) is 4.34. The second kappa shape index (κ2) is 4.34. The van der Waals surface area contributed by atoms with Crippen molar-refractivity contribution in [3.8, 4) is 0 Å². The van der Waals surface area contributed by atoms with Gasteiger partial charge in [0, 0.05) is 6.42 Å². The average Bonchev–Trinajstić information content (AvgIpc) is 1.81. The molecule has 0 aromatic heterocycles. The van der Waals surface area contributed by atoms with E-state index in [1.165, 1.54) is 0 Å². The highest BCUT2D eigenvalue weighted by Gasteiger charge is 2.25. The highest BCUT2D eigenvalue weighted by atomic mass is 16.6. The van der Waals surface area contributed by atoms with Crippen molar-refractivity contribution >= 4 is 0 Å². The summed E-state index contributed by atoms with van der Waals surface area (Å²) in [4.78, 5) is 4.72. The largest absolute Gasteiger partial charge is 0.344 e. The van der Waals surface area contributed by atoms with E-state index in [1.807, 2.05) is 13.8 Å². The molecule has 0 saturated heterocycles. The SMILES string of the molecule is CC(C)(N)OC(N)CC(C)(C)ON. The maximum absolute atomic E-state index is 5.68. The van der Waals surface area contributed by atoms with Gasteiger partial charge in [-0.3, -0.25) is 4.84 Å². The van der Waals surface area contributed by atoms with Crippen molar-refractivity contribution in [3.05, 3.63) is 0 Å². The zero-order valence-corrected chi connectivity index (χ0v) is 8.83. The summed E-state index contributed by atoms with van der Waals surface area (Å²) in [5, 5.41) is 0. The highest BCUT2D eigenvalue weighted by molar-refractivity contribution is 4.72. The van der Waals surface area contributed by atoms with Crippen LogP contribution in [0.15, 0.2) is 0 Å². The lowest BCUT2D eigenvalue weighted by Crippen LogP contribution is -2.46. The molecule has 0 aliphatic heterocycles. The van der Waals surface area contributed by atoms with Gasteiger partial charge in [-0.15, -0.1) is 0 Å². The maximum atomic E-state index is 5.68. The zero-order valence-electron chi connectivity index (χ0n) is 8.83. The molecular weight excluding hydrogens is 170 g/mol. The van der Waals surface area contributed by atoms with Crippen molar-refractivity contribution < 1.29 is 9.57 Å². The fourth-order valence-electron chi connectivity index (χ4n) is 0.964. The summed E-state index contributed by atoms with van der Waals surface area (Å²) in [7, 11) is 0. The Bertz CT molecular complexity index is 154. The Morgan fingerprint density at radius 1 is 1.23 bits per heavy atom. The predicted octanol–water partition coefficient (Wildman–Crippen LogP) is 0.0416. The smallest absolute Gasteiger partial charge is 0.113 e. The van der Waals surface area contributed by atoms with Crippen LogP contribution in [0, 0.1) is 0 Å². The van der Waals surface area contributed by atoms with E-state index >= 15 is 0 Å². The fourth-order valence-corrected chi connectivity index (χ4v) is 0.964. The quantitative estimate of drug-likeness (QED) is 0.421. The molecule has 0 heterocycles. The van der Waals surface area contributed by atoms with Gasteiger partial charge in [-0.25, -0.2) is 5.90 Å². The number of hydrogen-bond acceptors (Lipinski definition) is 5. The van der Waals surface area contributed by atoms with Crippen LogP contribution in [0.2, 0.25) is 0 Å². The van der Waals surface area contributed by atoms with E-state index in [1.54, 1.807) is 13.8 Å². The average molecular weight is 191 g/mol. The Balaban J connectivity index is 3.94. The Kier molecular flexibility index (Phi) is 4.28. The second-order valence-electron chi connectivity index (χ2n) is 4.34. The van der Waals surface area contributed by atoms with E-state index in [9.17, 15) is 0 Å². The van der Waals surface area contributed by atoms with Crippen LogP contribution in [0.4, 0.5) is 0 Å². The van der Waals surface area contributed by atoms with Crippen molar-refractivity contribution in [2.75, 3.05) is 0 Å². The minimum atomic E-state index is -0.732. The molecule has 0 radical (unpaired) electrons. The van der Waals surface area contributed by atoms with E-state index in [-0.39, 0.29) is 0 Å². The maximum Gasteiger partial charge on any atom is 0.113 e. The summed E-state index contributed by atoms with van der Waals surface area (Å²) in [6.07, 6.45) is 0.0166. The number of nitrogens with two attached hydrogens (primary N) is 3. The monoisotopic (exact) mass is 191 g/mol. The molecule has 0 fully saturated rings. The first-order valence-electron chi connectivity index (χ1n) is 4.26. The molecule has 0 rings (SSSR count). The van der Waals surface area contributed by atoms with Gasteiger partial charge in [-0.2, -0.15) is 0 Å². The molecule has 0 aromatic carbocycles. The number of hydrogen-bond donors (Lipinski definition) is 3. The van der Waals surface area contributed by atoms with Crippen LogP contribution in [0.1, 0.15) is 34.1 Å². The van der Waals surface area contributed by atoms with E-state index in [4.69, 9.17) is 26.9 Å². The molecule has 1 unspecified atom stereocenters. The molecule has 5 heteroatoms. The molecule has 0 aliphatic rings. The topological polar surface area (TPSA) is 96.5 Å². The van der Waals surface area contributed by atoms with Crippen LogP contribution in [-0.2, 0) is 9.57 Å². The van der Waals surface area contributed by atoms with Crippen molar-refractivity contribution in [1.82, 2.24) is 0 Å². The molecule has 0 aromatic rings. The standard InChI is InChI=1S/C8H21N3O2/c1-7(2,13-11)5-6(9)12-8(3,4)10/h6H,5,9-11H2,1-4H3. The van der Waals surface area contributed by atoms with E-state index < -0.39 is 17.6 Å². The Morgan fingerprint density at radius 2 is 1.69 bits per heavy atom. The summed E-state index contributed by atoms with van der Waals surface area (Å²) >= 11 is 0. The third-order valence-corrected chi connectivity index (χ3v) is 1.47. The van der Waals surface area contributed by atoms with Gasteiger partial charge in [0.15, 0.2) is 0 Å². The molecule has 0 spiro atoms. The van der Waals surface area contributed by atoms with Gasteiger partial charge >= 0.3 is 0 Å². The zero-order chi connectivity index (χ0) is 10.7. The fraction of sp³-hybridized carbons (Fsp3) is 1.00. The summed E-state index contributed by atoms with van der Waals surface area (Å²) < 4.78 is 5.30. The van der Waals surface area contributed by atoms with Crippen LogP contribution < -0.4 is 17.4 Å². The molecule has 80 valence electrons. The number of ether oxygens (including phenoxy) is 1. The van der Waals surface area contributed by atoms with Crippen molar-refractivity contribution in [1.29, 1.82) is 0 Å². The van der Waals surface area contributed by atoms with E-state index in [2.05, 4.69) is 0 Å². The first-order chi connectivity index (χ1) is 5.66. The normalized spacial score (nSPS) is 15.9. The van der Waals surface area contributed by atoms with Gasteiger partial charge in [-0.1, -0.05) is 0 Å². The Hall–Kier alpha value is -0.200. The third-order valence-electron chi connectivity index (χ3n) is 1.47. The van der Waals surface area contributed by atoms with Crippen LogP contribution in [0.25, 0.3) is 0 Å².